The average molecular weight is 292 g/mol. The van der Waals surface area contributed by atoms with Crippen molar-refractivity contribution < 1.29 is 9.47 Å². The molecule has 106 valence electrons. The van der Waals surface area contributed by atoms with Gasteiger partial charge in [0.1, 0.15) is 0 Å². The summed E-state index contributed by atoms with van der Waals surface area (Å²) in [6, 6.07) is 1.95. The van der Waals surface area contributed by atoms with Gasteiger partial charge in [0, 0.05) is 23.9 Å². The van der Waals surface area contributed by atoms with Crippen LogP contribution in [0.3, 0.4) is 0 Å². The maximum Gasteiger partial charge on any atom is 0.256 e. The van der Waals surface area contributed by atoms with Gasteiger partial charge in [0.2, 0.25) is 0 Å². The molecular formula is C13H16N4O2S. The van der Waals surface area contributed by atoms with Gasteiger partial charge in [-0.25, -0.2) is 9.97 Å². The van der Waals surface area contributed by atoms with E-state index in [0.29, 0.717) is 16.8 Å². The zero-order valence-corrected chi connectivity index (χ0v) is 12.2. The molecule has 3 heterocycles. The predicted molar refractivity (Wildman–Crippen MR) is 78.6 cm³/mol. The number of nitrogens with two attached hydrogens (primary N) is 1. The highest BCUT2D eigenvalue weighted by molar-refractivity contribution is 7.15. The van der Waals surface area contributed by atoms with E-state index in [9.17, 15) is 0 Å². The number of hydrogen-bond donors (Lipinski definition) is 1. The van der Waals surface area contributed by atoms with Crippen LogP contribution in [-0.2, 0) is 13.0 Å². The van der Waals surface area contributed by atoms with Crippen LogP contribution in [0.4, 0.5) is 10.8 Å². The highest BCUT2D eigenvalue weighted by Gasteiger charge is 2.21. The summed E-state index contributed by atoms with van der Waals surface area (Å²) >= 11 is 1.55. The van der Waals surface area contributed by atoms with Gasteiger partial charge in [-0.2, -0.15) is 0 Å². The van der Waals surface area contributed by atoms with Crippen molar-refractivity contribution in [1.82, 2.24) is 9.97 Å². The minimum absolute atomic E-state index is 0.496. The van der Waals surface area contributed by atoms with Crippen molar-refractivity contribution in [1.29, 1.82) is 0 Å². The van der Waals surface area contributed by atoms with E-state index in [1.807, 2.05) is 6.07 Å². The van der Waals surface area contributed by atoms with Crippen molar-refractivity contribution in [3.63, 3.8) is 0 Å². The molecule has 0 unspecified atom stereocenters. The molecule has 0 bridgehead atoms. The average Bonchev–Trinajstić information content (AvgIpc) is 2.85. The minimum atomic E-state index is 0.496. The van der Waals surface area contributed by atoms with Crippen LogP contribution in [0.15, 0.2) is 12.3 Å². The topological polar surface area (TPSA) is 73.5 Å². The Labute approximate surface area is 121 Å². The van der Waals surface area contributed by atoms with Gasteiger partial charge in [-0.3, -0.25) is 0 Å². The number of rotatable bonds is 3. The van der Waals surface area contributed by atoms with E-state index in [1.165, 1.54) is 4.88 Å². The second kappa shape index (κ2) is 5.16. The summed E-state index contributed by atoms with van der Waals surface area (Å²) in [5.74, 6) is 1.13. The number of fused-ring (bicyclic) bond motifs is 1. The number of ether oxygens (including phenoxy) is 2. The standard InChI is InChI=1S/C13H16N4O2S/c1-18-10-5-8(6-15-12(10)19-2)17-4-3-9-11(7-17)20-13(14)16-9/h5-6H,3-4,7H2,1-2H3,(H2,14,16). The number of anilines is 2. The molecule has 6 nitrogen and oxygen atoms in total. The molecule has 0 amide bonds. The predicted octanol–water partition coefficient (Wildman–Crippen LogP) is 1.70. The fourth-order valence-corrected chi connectivity index (χ4v) is 3.22. The summed E-state index contributed by atoms with van der Waals surface area (Å²) in [6.45, 7) is 1.70. The van der Waals surface area contributed by atoms with E-state index in [0.717, 1.165) is 30.9 Å². The first-order valence-corrected chi connectivity index (χ1v) is 7.10. The van der Waals surface area contributed by atoms with Gasteiger partial charge in [-0.05, 0) is 0 Å². The Hall–Kier alpha value is -2.02. The second-order valence-corrected chi connectivity index (χ2v) is 5.61. The zero-order chi connectivity index (χ0) is 14.1. The number of nitrogens with zero attached hydrogens (tertiary/aromatic N) is 3. The molecule has 1 aliphatic heterocycles. The molecule has 0 aliphatic carbocycles. The van der Waals surface area contributed by atoms with Gasteiger partial charge in [-0.1, -0.05) is 0 Å². The quantitative estimate of drug-likeness (QED) is 0.928. The summed E-state index contributed by atoms with van der Waals surface area (Å²) in [5.41, 5.74) is 7.90. The van der Waals surface area contributed by atoms with Crippen molar-refractivity contribution in [2.45, 2.75) is 13.0 Å². The number of pyridine rings is 1. The van der Waals surface area contributed by atoms with E-state index in [1.54, 1.807) is 31.8 Å². The van der Waals surface area contributed by atoms with Gasteiger partial charge in [0.25, 0.3) is 5.88 Å². The number of thiazole rings is 1. The summed E-state index contributed by atoms with van der Waals surface area (Å²) in [4.78, 5) is 12.1. The van der Waals surface area contributed by atoms with Gasteiger partial charge in [0.15, 0.2) is 10.9 Å². The van der Waals surface area contributed by atoms with Crippen LogP contribution in [0.25, 0.3) is 0 Å². The largest absolute Gasteiger partial charge is 0.491 e. The van der Waals surface area contributed by atoms with Crippen molar-refractivity contribution in [3.05, 3.63) is 22.8 Å². The molecule has 3 rings (SSSR count). The van der Waals surface area contributed by atoms with Crippen molar-refractivity contribution in [2.75, 3.05) is 31.4 Å². The molecule has 7 heteroatoms. The Balaban J connectivity index is 1.87. The number of nitrogen functional groups attached to an aromatic ring is 1. The molecular weight excluding hydrogens is 276 g/mol. The van der Waals surface area contributed by atoms with Crippen LogP contribution in [0.1, 0.15) is 10.6 Å². The third-order valence-electron chi connectivity index (χ3n) is 3.33. The SMILES string of the molecule is COc1cc(N2CCc3nc(N)sc3C2)cnc1OC. The van der Waals surface area contributed by atoms with E-state index in [-0.39, 0.29) is 0 Å². The Kier molecular flexibility index (Phi) is 3.35. The van der Waals surface area contributed by atoms with E-state index in [4.69, 9.17) is 15.2 Å². The second-order valence-electron chi connectivity index (χ2n) is 4.50. The molecule has 2 N–H and O–H groups in total. The molecule has 0 spiro atoms. The van der Waals surface area contributed by atoms with Gasteiger partial charge in [-0.15, -0.1) is 11.3 Å². The number of hydrogen-bond acceptors (Lipinski definition) is 7. The number of aromatic nitrogens is 2. The summed E-state index contributed by atoms with van der Waals surface area (Å²) in [5, 5.41) is 0.641. The fraction of sp³-hybridized carbons (Fsp3) is 0.385. The summed E-state index contributed by atoms with van der Waals surface area (Å²) in [6.07, 6.45) is 2.70. The lowest BCUT2D eigenvalue weighted by molar-refractivity contribution is 0.343. The summed E-state index contributed by atoms with van der Waals surface area (Å²) < 4.78 is 10.5. The van der Waals surface area contributed by atoms with Crippen LogP contribution in [0, 0.1) is 0 Å². The van der Waals surface area contributed by atoms with Gasteiger partial charge < -0.3 is 20.1 Å². The first kappa shape index (κ1) is 13.0. The van der Waals surface area contributed by atoms with Crippen LogP contribution >= 0.6 is 11.3 Å². The van der Waals surface area contributed by atoms with Crippen molar-refractivity contribution >= 4 is 22.2 Å². The molecule has 20 heavy (non-hydrogen) atoms. The number of methoxy groups -OCH3 is 2. The van der Waals surface area contributed by atoms with Crippen molar-refractivity contribution in [3.8, 4) is 11.6 Å². The van der Waals surface area contributed by atoms with Crippen LogP contribution < -0.4 is 20.1 Å². The molecule has 0 saturated heterocycles. The van der Waals surface area contributed by atoms with Crippen molar-refractivity contribution in [2.24, 2.45) is 0 Å². The van der Waals surface area contributed by atoms with Crippen LogP contribution in [-0.4, -0.2) is 30.7 Å². The first-order chi connectivity index (χ1) is 9.71. The molecule has 2 aromatic heterocycles. The fourth-order valence-electron chi connectivity index (χ4n) is 2.33. The Morgan fingerprint density at radius 2 is 2.20 bits per heavy atom. The molecule has 0 radical (unpaired) electrons. The maximum atomic E-state index is 5.77. The molecule has 1 aliphatic rings. The molecule has 0 saturated carbocycles. The highest BCUT2D eigenvalue weighted by atomic mass is 32.1. The van der Waals surface area contributed by atoms with Gasteiger partial charge >= 0.3 is 0 Å². The minimum Gasteiger partial charge on any atom is -0.491 e. The van der Waals surface area contributed by atoms with Crippen LogP contribution in [0.5, 0.6) is 11.6 Å². The zero-order valence-electron chi connectivity index (χ0n) is 11.4. The van der Waals surface area contributed by atoms with E-state index >= 15 is 0 Å². The lowest BCUT2D eigenvalue weighted by atomic mass is 10.1. The molecule has 2 aromatic rings. The molecule has 0 atom stereocenters. The molecule has 0 aromatic carbocycles. The lowest BCUT2D eigenvalue weighted by Crippen LogP contribution is -2.29. The van der Waals surface area contributed by atoms with E-state index in [2.05, 4.69) is 14.9 Å². The Bertz CT molecular complexity index is 629. The monoisotopic (exact) mass is 292 g/mol. The third kappa shape index (κ3) is 2.24. The smallest absolute Gasteiger partial charge is 0.256 e. The maximum absolute atomic E-state index is 5.77. The Morgan fingerprint density at radius 3 is 2.95 bits per heavy atom. The van der Waals surface area contributed by atoms with E-state index < -0.39 is 0 Å². The Morgan fingerprint density at radius 1 is 1.35 bits per heavy atom. The van der Waals surface area contributed by atoms with Gasteiger partial charge in [0.05, 0.1) is 38.3 Å². The summed E-state index contributed by atoms with van der Waals surface area (Å²) in [7, 11) is 3.19. The molecule has 0 fully saturated rings. The highest BCUT2D eigenvalue weighted by Crippen LogP contribution is 2.33. The normalized spacial score (nSPS) is 14.0. The first-order valence-electron chi connectivity index (χ1n) is 6.28. The third-order valence-corrected chi connectivity index (χ3v) is 4.24. The van der Waals surface area contributed by atoms with Crippen LogP contribution in [0.2, 0.25) is 0 Å². The lowest BCUT2D eigenvalue weighted by Gasteiger charge is -2.28.